The minimum atomic E-state index is -0.489. The molecule has 6 nitrogen and oxygen atoms in total. The summed E-state index contributed by atoms with van der Waals surface area (Å²) in [5.41, 5.74) is 4.26. The van der Waals surface area contributed by atoms with Gasteiger partial charge in [0.1, 0.15) is 17.4 Å². The lowest BCUT2D eigenvalue weighted by molar-refractivity contribution is -0.112. The van der Waals surface area contributed by atoms with Crippen molar-refractivity contribution in [1.82, 2.24) is 9.97 Å². The predicted molar refractivity (Wildman–Crippen MR) is 112 cm³/mol. The quantitative estimate of drug-likeness (QED) is 0.323. The summed E-state index contributed by atoms with van der Waals surface area (Å²) in [4.78, 5) is 21.7. The molecule has 140 valence electrons. The number of nitrogens with one attached hydrogen (secondary N) is 1. The molecule has 4 rings (SSSR count). The zero-order valence-electron chi connectivity index (χ0n) is 15.6. The molecular weight excluding hydrogens is 364 g/mol. The maximum Gasteiger partial charge on any atom is 0.266 e. The standard InChI is InChI=1S/C23H16N4O2/c1-29-18-9-6-15(7-10-18)12-16(14-24)23(28)25-17-8-11-21-22(13-17)27-20-5-3-2-4-19(20)26-21/h2-13H,1H3,(H,25,28)/b16-12+. The molecule has 0 aliphatic rings. The molecule has 0 aliphatic carbocycles. The van der Waals surface area contributed by atoms with Crippen molar-refractivity contribution in [3.05, 3.63) is 77.9 Å². The first kappa shape index (κ1) is 18.1. The Morgan fingerprint density at radius 2 is 1.62 bits per heavy atom. The number of benzene rings is 3. The van der Waals surface area contributed by atoms with Crippen LogP contribution >= 0.6 is 0 Å². The number of amides is 1. The van der Waals surface area contributed by atoms with Gasteiger partial charge in [0.05, 0.1) is 29.2 Å². The minimum Gasteiger partial charge on any atom is -0.497 e. The molecule has 4 aromatic rings. The molecule has 1 aromatic heterocycles. The summed E-state index contributed by atoms with van der Waals surface area (Å²) in [6.07, 6.45) is 1.53. The number of carbonyl (C=O) groups excluding carboxylic acids is 1. The molecule has 29 heavy (non-hydrogen) atoms. The van der Waals surface area contributed by atoms with Crippen molar-refractivity contribution in [1.29, 1.82) is 5.26 Å². The van der Waals surface area contributed by atoms with E-state index in [4.69, 9.17) is 4.74 Å². The van der Waals surface area contributed by atoms with Crippen molar-refractivity contribution in [3.8, 4) is 11.8 Å². The highest BCUT2D eigenvalue weighted by Gasteiger charge is 2.11. The van der Waals surface area contributed by atoms with Gasteiger partial charge in [0.2, 0.25) is 0 Å². The zero-order chi connectivity index (χ0) is 20.2. The molecule has 3 aromatic carbocycles. The van der Waals surface area contributed by atoms with Crippen LogP contribution in [0.3, 0.4) is 0 Å². The highest BCUT2D eigenvalue weighted by Crippen LogP contribution is 2.20. The van der Waals surface area contributed by atoms with Gasteiger partial charge in [-0.15, -0.1) is 0 Å². The van der Waals surface area contributed by atoms with Gasteiger partial charge < -0.3 is 10.1 Å². The van der Waals surface area contributed by atoms with Gasteiger partial charge in [-0.2, -0.15) is 5.26 Å². The highest BCUT2D eigenvalue weighted by atomic mass is 16.5. The maximum atomic E-state index is 12.6. The fourth-order valence-corrected chi connectivity index (χ4v) is 2.91. The van der Waals surface area contributed by atoms with E-state index in [0.29, 0.717) is 17.0 Å². The van der Waals surface area contributed by atoms with Crippen LogP contribution in [-0.4, -0.2) is 23.0 Å². The van der Waals surface area contributed by atoms with Crippen LogP contribution in [0, 0.1) is 11.3 Å². The lowest BCUT2D eigenvalue weighted by Gasteiger charge is -2.06. The van der Waals surface area contributed by atoms with Crippen LogP contribution in [0.15, 0.2) is 72.3 Å². The zero-order valence-corrected chi connectivity index (χ0v) is 15.6. The molecule has 1 N–H and O–H groups in total. The van der Waals surface area contributed by atoms with Crippen LogP contribution in [0.1, 0.15) is 5.56 Å². The number of hydrogen-bond acceptors (Lipinski definition) is 5. The van der Waals surface area contributed by atoms with Gasteiger partial charge >= 0.3 is 0 Å². The van der Waals surface area contributed by atoms with E-state index in [1.807, 2.05) is 30.3 Å². The van der Waals surface area contributed by atoms with E-state index < -0.39 is 5.91 Å². The Morgan fingerprint density at radius 3 is 2.28 bits per heavy atom. The Labute approximate surface area is 167 Å². The monoisotopic (exact) mass is 380 g/mol. The molecule has 1 amide bonds. The number of anilines is 1. The summed E-state index contributed by atoms with van der Waals surface area (Å²) in [6.45, 7) is 0. The first-order valence-corrected chi connectivity index (χ1v) is 8.90. The van der Waals surface area contributed by atoms with Gasteiger partial charge in [-0.3, -0.25) is 4.79 Å². The largest absolute Gasteiger partial charge is 0.497 e. The first-order chi connectivity index (χ1) is 14.2. The second-order valence-corrected chi connectivity index (χ2v) is 6.31. The summed E-state index contributed by atoms with van der Waals surface area (Å²) >= 11 is 0. The number of nitrogens with zero attached hydrogens (tertiary/aromatic N) is 3. The second kappa shape index (κ2) is 7.79. The number of rotatable bonds is 4. The molecular formula is C23H16N4O2. The minimum absolute atomic E-state index is 0.000130. The number of para-hydroxylation sites is 2. The molecule has 0 unspecified atom stereocenters. The normalized spacial score (nSPS) is 11.2. The van der Waals surface area contributed by atoms with Crippen LogP contribution in [0.5, 0.6) is 5.75 Å². The lowest BCUT2D eigenvalue weighted by Crippen LogP contribution is -2.13. The van der Waals surface area contributed by atoms with E-state index in [0.717, 1.165) is 22.1 Å². The Bertz CT molecular complexity index is 1290. The van der Waals surface area contributed by atoms with Crippen molar-refractivity contribution >= 4 is 39.7 Å². The number of ether oxygens (including phenoxy) is 1. The summed E-state index contributed by atoms with van der Waals surface area (Å²) in [7, 11) is 1.58. The maximum absolute atomic E-state index is 12.6. The van der Waals surface area contributed by atoms with Crippen LogP contribution < -0.4 is 10.1 Å². The highest BCUT2D eigenvalue weighted by molar-refractivity contribution is 6.10. The molecule has 0 fully saturated rings. The number of fused-ring (bicyclic) bond motifs is 2. The van der Waals surface area contributed by atoms with E-state index in [1.54, 1.807) is 49.6 Å². The number of carbonyl (C=O) groups is 1. The van der Waals surface area contributed by atoms with E-state index in [1.165, 1.54) is 6.08 Å². The van der Waals surface area contributed by atoms with Gasteiger partial charge in [-0.1, -0.05) is 24.3 Å². The molecule has 0 aliphatic heterocycles. The topological polar surface area (TPSA) is 87.9 Å². The van der Waals surface area contributed by atoms with Crippen molar-refractivity contribution < 1.29 is 9.53 Å². The van der Waals surface area contributed by atoms with Crippen LogP contribution in [0.2, 0.25) is 0 Å². The third-order valence-corrected chi connectivity index (χ3v) is 4.39. The molecule has 0 radical (unpaired) electrons. The lowest BCUT2D eigenvalue weighted by atomic mass is 10.1. The Kier molecular flexibility index (Phi) is 4.87. The molecule has 1 heterocycles. The van der Waals surface area contributed by atoms with Gasteiger partial charge in [-0.05, 0) is 54.1 Å². The SMILES string of the molecule is COc1ccc(/C=C(\C#N)C(=O)Nc2ccc3nc4ccccc4nc3c2)cc1. The fourth-order valence-electron chi connectivity index (χ4n) is 2.91. The van der Waals surface area contributed by atoms with E-state index in [9.17, 15) is 10.1 Å². The summed E-state index contributed by atoms with van der Waals surface area (Å²) in [6, 6.07) is 21.9. The Balaban J connectivity index is 1.60. The van der Waals surface area contributed by atoms with Crippen molar-refractivity contribution in [2.24, 2.45) is 0 Å². The van der Waals surface area contributed by atoms with Gasteiger partial charge in [-0.25, -0.2) is 9.97 Å². The predicted octanol–water partition coefficient (Wildman–Crippen LogP) is 4.34. The number of hydrogen-bond donors (Lipinski definition) is 1. The molecule has 0 atom stereocenters. The van der Waals surface area contributed by atoms with Gasteiger partial charge in [0, 0.05) is 5.69 Å². The summed E-state index contributed by atoms with van der Waals surface area (Å²) in [5.74, 6) is 0.214. The summed E-state index contributed by atoms with van der Waals surface area (Å²) < 4.78 is 5.11. The summed E-state index contributed by atoms with van der Waals surface area (Å²) in [5, 5.41) is 12.2. The van der Waals surface area contributed by atoms with Crippen LogP contribution in [-0.2, 0) is 4.79 Å². The Morgan fingerprint density at radius 1 is 0.966 bits per heavy atom. The van der Waals surface area contributed by atoms with E-state index >= 15 is 0 Å². The van der Waals surface area contributed by atoms with E-state index in [2.05, 4.69) is 15.3 Å². The third-order valence-electron chi connectivity index (χ3n) is 4.39. The molecule has 0 saturated carbocycles. The first-order valence-electron chi connectivity index (χ1n) is 8.90. The smallest absolute Gasteiger partial charge is 0.266 e. The average Bonchev–Trinajstić information content (AvgIpc) is 2.76. The third kappa shape index (κ3) is 3.89. The molecule has 6 heteroatoms. The van der Waals surface area contributed by atoms with Gasteiger partial charge in [0.25, 0.3) is 5.91 Å². The molecule has 0 spiro atoms. The second-order valence-electron chi connectivity index (χ2n) is 6.31. The Hall–Kier alpha value is -4.24. The number of nitriles is 1. The van der Waals surface area contributed by atoms with Crippen molar-refractivity contribution in [3.63, 3.8) is 0 Å². The number of methoxy groups -OCH3 is 1. The molecule has 0 saturated heterocycles. The van der Waals surface area contributed by atoms with Crippen LogP contribution in [0.4, 0.5) is 5.69 Å². The molecule has 0 bridgehead atoms. The average molecular weight is 380 g/mol. The van der Waals surface area contributed by atoms with Crippen LogP contribution in [0.25, 0.3) is 28.1 Å². The number of aromatic nitrogens is 2. The van der Waals surface area contributed by atoms with Crippen molar-refractivity contribution in [2.75, 3.05) is 12.4 Å². The van der Waals surface area contributed by atoms with Gasteiger partial charge in [0.15, 0.2) is 0 Å². The fraction of sp³-hybridized carbons (Fsp3) is 0.0435. The van der Waals surface area contributed by atoms with Crippen molar-refractivity contribution in [2.45, 2.75) is 0 Å². The van der Waals surface area contributed by atoms with E-state index in [-0.39, 0.29) is 5.57 Å².